The van der Waals surface area contributed by atoms with Crippen LogP contribution in [0.1, 0.15) is 22.3 Å². The fourth-order valence-electron chi connectivity index (χ4n) is 2.53. The van der Waals surface area contributed by atoms with Gasteiger partial charge in [0.25, 0.3) is 0 Å². The molecule has 0 spiro atoms. The number of nitrogens with one attached hydrogen (secondary N) is 2. The van der Waals surface area contributed by atoms with E-state index in [0.717, 1.165) is 12.4 Å². The van der Waals surface area contributed by atoms with Gasteiger partial charge in [0, 0.05) is 18.8 Å². The Balaban J connectivity index is 1.53. The number of anilines is 1. The Morgan fingerprint density at radius 2 is 1.80 bits per heavy atom. The summed E-state index contributed by atoms with van der Waals surface area (Å²) in [6, 6.07) is 18.7. The Bertz CT molecular complexity index is 852. The quantitative estimate of drug-likeness (QED) is 0.682. The van der Waals surface area contributed by atoms with E-state index >= 15 is 0 Å². The van der Waals surface area contributed by atoms with E-state index in [9.17, 15) is 0 Å². The summed E-state index contributed by atoms with van der Waals surface area (Å²) in [4.78, 5) is 0. The molecule has 1 aromatic heterocycles. The number of rotatable bonds is 5. The van der Waals surface area contributed by atoms with Crippen molar-refractivity contribution in [2.24, 2.45) is 0 Å². The van der Waals surface area contributed by atoms with E-state index in [-0.39, 0.29) is 0 Å². The van der Waals surface area contributed by atoms with E-state index in [4.69, 9.17) is 12.2 Å². The van der Waals surface area contributed by atoms with Crippen molar-refractivity contribution in [2.45, 2.75) is 26.9 Å². The first-order valence-electron chi connectivity index (χ1n) is 8.28. The lowest BCUT2D eigenvalue weighted by molar-refractivity contribution is 0.687. The first-order chi connectivity index (χ1) is 12.1. The summed E-state index contributed by atoms with van der Waals surface area (Å²) >= 11 is 5.35. The number of aromatic nitrogens is 2. The van der Waals surface area contributed by atoms with Crippen LogP contribution in [0.25, 0.3) is 0 Å². The van der Waals surface area contributed by atoms with E-state index in [2.05, 4.69) is 72.0 Å². The van der Waals surface area contributed by atoms with Crippen molar-refractivity contribution >= 4 is 23.1 Å². The number of hydrogen-bond donors (Lipinski definition) is 2. The summed E-state index contributed by atoms with van der Waals surface area (Å²) in [6.45, 7) is 5.63. The summed E-state index contributed by atoms with van der Waals surface area (Å²) in [5.41, 5.74) is 4.98. The highest BCUT2D eigenvalue weighted by Gasteiger charge is 2.04. The lowest BCUT2D eigenvalue weighted by Crippen LogP contribution is -2.28. The fraction of sp³-hybridized carbons (Fsp3) is 0.200. The molecule has 0 aliphatic carbocycles. The van der Waals surface area contributed by atoms with Crippen LogP contribution in [0.4, 0.5) is 5.82 Å². The predicted octanol–water partition coefficient (Wildman–Crippen LogP) is 4.03. The minimum absolute atomic E-state index is 0.571. The van der Waals surface area contributed by atoms with Crippen molar-refractivity contribution in [1.82, 2.24) is 15.1 Å². The zero-order valence-electron chi connectivity index (χ0n) is 14.5. The minimum Gasteiger partial charge on any atom is -0.358 e. The first kappa shape index (κ1) is 17.2. The second-order valence-electron chi connectivity index (χ2n) is 6.12. The molecule has 0 unspecified atom stereocenters. The molecule has 1 heterocycles. The smallest absolute Gasteiger partial charge is 0.172 e. The molecular formula is C20H22N4S. The van der Waals surface area contributed by atoms with E-state index in [1.54, 1.807) is 0 Å². The van der Waals surface area contributed by atoms with Gasteiger partial charge in [0.15, 0.2) is 10.9 Å². The van der Waals surface area contributed by atoms with Crippen LogP contribution in [0.2, 0.25) is 0 Å². The molecule has 0 fully saturated rings. The summed E-state index contributed by atoms with van der Waals surface area (Å²) in [7, 11) is 0. The molecule has 5 heteroatoms. The van der Waals surface area contributed by atoms with E-state index in [1.807, 2.05) is 23.0 Å². The van der Waals surface area contributed by atoms with Crippen LogP contribution in [-0.4, -0.2) is 14.9 Å². The SMILES string of the molecule is Cc1ccc(CNC(=S)Nc2ccn(Cc3ccccc3C)n2)cc1. The maximum atomic E-state index is 5.35. The maximum Gasteiger partial charge on any atom is 0.172 e. The molecule has 0 saturated heterocycles. The Labute approximate surface area is 153 Å². The van der Waals surface area contributed by atoms with Gasteiger partial charge in [0.2, 0.25) is 0 Å². The first-order valence-corrected chi connectivity index (χ1v) is 8.69. The number of nitrogens with zero attached hydrogens (tertiary/aromatic N) is 2. The van der Waals surface area contributed by atoms with Crippen LogP contribution in [0.5, 0.6) is 0 Å². The van der Waals surface area contributed by atoms with Gasteiger partial charge >= 0.3 is 0 Å². The second kappa shape index (κ2) is 7.94. The number of aryl methyl sites for hydroxylation is 2. The molecular weight excluding hydrogens is 328 g/mol. The van der Waals surface area contributed by atoms with Gasteiger partial charge in [-0.2, -0.15) is 5.10 Å². The Morgan fingerprint density at radius 1 is 1.04 bits per heavy atom. The molecule has 128 valence electrons. The number of thiocarbonyl (C=S) groups is 1. The van der Waals surface area contributed by atoms with Crippen LogP contribution in [0.15, 0.2) is 60.8 Å². The average Bonchev–Trinajstić information content (AvgIpc) is 3.03. The van der Waals surface area contributed by atoms with Gasteiger partial charge in [0.1, 0.15) is 0 Å². The number of hydrogen-bond acceptors (Lipinski definition) is 2. The normalized spacial score (nSPS) is 10.5. The predicted molar refractivity (Wildman–Crippen MR) is 107 cm³/mol. The highest BCUT2D eigenvalue weighted by atomic mass is 32.1. The third-order valence-electron chi connectivity index (χ3n) is 4.05. The molecule has 0 radical (unpaired) electrons. The van der Waals surface area contributed by atoms with Crippen LogP contribution in [-0.2, 0) is 13.1 Å². The van der Waals surface area contributed by atoms with Crippen molar-refractivity contribution in [3.05, 3.63) is 83.0 Å². The molecule has 0 aliphatic heterocycles. The zero-order valence-corrected chi connectivity index (χ0v) is 15.3. The molecule has 0 bridgehead atoms. The van der Waals surface area contributed by atoms with Crippen LogP contribution in [0, 0.1) is 13.8 Å². The minimum atomic E-state index is 0.571. The Hall–Kier alpha value is -2.66. The van der Waals surface area contributed by atoms with Gasteiger partial charge in [-0.15, -0.1) is 0 Å². The van der Waals surface area contributed by atoms with Crippen molar-refractivity contribution in [1.29, 1.82) is 0 Å². The summed E-state index contributed by atoms with van der Waals surface area (Å²) in [6.07, 6.45) is 1.96. The van der Waals surface area contributed by atoms with Crippen molar-refractivity contribution in [3.63, 3.8) is 0 Å². The highest BCUT2D eigenvalue weighted by molar-refractivity contribution is 7.80. The number of benzene rings is 2. The third-order valence-corrected chi connectivity index (χ3v) is 4.30. The van der Waals surface area contributed by atoms with Crippen molar-refractivity contribution in [2.75, 3.05) is 5.32 Å². The summed E-state index contributed by atoms with van der Waals surface area (Å²) < 4.78 is 1.91. The molecule has 25 heavy (non-hydrogen) atoms. The van der Waals surface area contributed by atoms with Gasteiger partial charge in [-0.25, -0.2) is 0 Å². The molecule has 0 aliphatic rings. The van der Waals surface area contributed by atoms with Crippen molar-refractivity contribution < 1.29 is 0 Å². The molecule has 4 nitrogen and oxygen atoms in total. The standard InChI is InChI=1S/C20H22N4S/c1-15-7-9-17(10-8-15)13-21-20(25)22-19-11-12-24(23-19)14-18-6-4-3-5-16(18)2/h3-12H,13-14H2,1-2H3,(H2,21,22,23,25). The molecule has 3 rings (SSSR count). The zero-order chi connectivity index (χ0) is 17.6. The lowest BCUT2D eigenvalue weighted by Gasteiger charge is -2.09. The molecule has 0 amide bonds. The van der Waals surface area contributed by atoms with Gasteiger partial charge < -0.3 is 10.6 Å². The average molecular weight is 350 g/mol. The molecule has 3 aromatic rings. The van der Waals surface area contributed by atoms with Gasteiger partial charge in [-0.05, 0) is 42.8 Å². The topological polar surface area (TPSA) is 41.9 Å². The van der Waals surface area contributed by atoms with Gasteiger partial charge in [-0.1, -0.05) is 54.1 Å². The molecule has 0 saturated carbocycles. The fourth-order valence-corrected chi connectivity index (χ4v) is 2.70. The largest absolute Gasteiger partial charge is 0.358 e. The van der Waals surface area contributed by atoms with Crippen molar-refractivity contribution in [3.8, 4) is 0 Å². The van der Waals surface area contributed by atoms with Gasteiger partial charge in [0.05, 0.1) is 6.54 Å². The van der Waals surface area contributed by atoms with Gasteiger partial charge in [-0.3, -0.25) is 4.68 Å². The van der Waals surface area contributed by atoms with E-state index in [0.29, 0.717) is 11.7 Å². The maximum absolute atomic E-state index is 5.35. The Kier molecular flexibility index (Phi) is 5.46. The second-order valence-corrected chi connectivity index (χ2v) is 6.53. The van der Waals surface area contributed by atoms with Crippen LogP contribution in [0.3, 0.4) is 0 Å². The molecule has 2 N–H and O–H groups in total. The highest BCUT2D eigenvalue weighted by Crippen LogP contribution is 2.10. The van der Waals surface area contributed by atoms with Crippen LogP contribution < -0.4 is 10.6 Å². The molecule has 2 aromatic carbocycles. The van der Waals surface area contributed by atoms with Crippen LogP contribution >= 0.6 is 12.2 Å². The monoisotopic (exact) mass is 350 g/mol. The third kappa shape index (κ3) is 4.90. The summed E-state index contributed by atoms with van der Waals surface area (Å²) in [5.74, 6) is 0.745. The van der Waals surface area contributed by atoms with E-state index < -0.39 is 0 Å². The summed E-state index contributed by atoms with van der Waals surface area (Å²) in [5, 5.41) is 11.4. The Morgan fingerprint density at radius 3 is 2.56 bits per heavy atom. The lowest BCUT2D eigenvalue weighted by atomic mass is 10.1. The van der Waals surface area contributed by atoms with E-state index in [1.165, 1.54) is 22.3 Å². The molecule has 0 atom stereocenters.